The lowest BCUT2D eigenvalue weighted by Crippen LogP contribution is -2.06. The van der Waals surface area contributed by atoms with Crippen molar-refractivity contribution in [2.45, 2.75) is 13.2 Å². The third kappa shape index (κ3) is 3.69. The van der Waals surface area contributed by atoms with Crippen LogP contribution in [-0.2, 0) is 13.2 Å². The highest BCUT2D eigenvalue weighted by molar-refractivity contribution is 7.16. The smallest absolute Gasteiger partial charge is 0.310 e. The van der Waals surface area contributed by atoms with E-state index in [0.717, 1.165) is 10.4 Å². The summed E-state index contributed by atoms with van der Waals surface area (Å²) in [6.45, 7) is 0.889. The van der Waals surface area contributed by atoms with Crippen LogP contribution in [0.15, 0.2) is 30.3 Å². The molecular weight excluding hydrogens is 300 g/mol. The van der Waals surface area contributed by atoms with E-state index in [9.17, 15) is 10.1 Å². The van der Waals surface area contributed by atoms with Gasteiger partial charge in [0.2, 0.25) is 0 Å². The fourth-order valence-electron chi connectivity index (χ4n) is 1.72. The van der Waals surface area contributed by atoms with Gasteiger partial charge in [-0.25, -0.2) is 0 Å². The fourth-order valence-corrected chi connectivity index (χ4v) is 2.72. The van der Waals surface area contributed by atoms with Crippen LogP contribution in [0.1, 0.15) is 10.4 Å². The van der Waals surface area contributed by atoms with Gasteiger partial charge in [-0.1, -0.05) is 17.7 Å². The van der Waals surface area contributed by atoms with Gasteiger partial charge >= 0.3 is 5.69 Å². The predicted molar refractivity (Wildman–Crippen MR) is 79.5 cm³/mol. The van der Waals surface area contributed by atoms with Crippen LogP contribution in [0, 0.1) is 10.1 Å². The molecule has 2 rings (SSSR count). The molecule has 5 nitrogen and oxygen atoms in total. The maximum absolute atomic E-state index is 11.0. The minimum Gasteiger partial charge on any atom is -0.481 e. The average molecular weight is 313 g/mol. The molecule has 0 fully saturated rings. The number of nitrogens with zero attached hydrogens (tertiary/aromatic N) is 1. The molecule has 0 saturated carbocycles. The summed E-state index contributed by atoms with van der Waals surface area (Å²) < 4.78 is 6.24. The number of nitrogens with one attached hydrogen (secondary N) is 1. The van der Waals surface area contributed by atoms with Crippen molar-refractivity contribution in [3.05, 3.63) is 55.2 Å². The minimum absolute atomic E-state index is 0.0347. The Bertz CT molecular complexity index is 615. The summed E-state index contributed by atoms with van der Waals surface area (Å²) in [6.07, 6.45) is 0. The molecule has 0 aliphatic carbocycles. The van der Waals surface area contributed by atoms with Crippen molar-refractivity contribution in [2.24, 2.45) is 0 Å². The van der Waals surface area contributed by atoms with Gasteiger partial charge in [-0.05, 0) is 30.8 Å². The normalized spacial score (nSPS) is 10.5. The zero-order chi connectivity index (χ0) is 14.5. The summed E-state index contributed by atoms with van der Waals surface area (Å²) in [5.41, 5.74) is 0.893. The lowest BCUT2D eigenvalue weighted by molar-refractivity contribution is -0.386. The van der Waals surface area contributed by atoms with Gasteiger partial charge in [-0.3, -0.25) is 10.1 Å². The molecule has 2 aromatic rings. The van der Waals surface area contributed by atoms with E-state index in [0.29, 0.717) is 10.9 Å². The maximum Gasteiger partial charge on any atom is 0.310 e. The van der Waals surface area contributed by atoms with Gasteiger partial charge in [0.15, 0.2) is 5.75 Å². The Labute approximate surface area is 125 Å². The number of halogens is 1. The Balaban J connectivity index is 2.18. The van der Waals surface area contributed by atoms with E-state index in [-0.39, 0.29) is 18.0 Å². The molecule has 0 aliphatic rings. The Morgan fingerprint density at radius 3 is 2.80 bits per heavy atom. The Kier molecular flexibility index (Phi) is 4.94. The van der Waals surface area contributed by atoms with Gasteiger partial charge in [0.05, 0.1) is 9.26 Å². The van der Waals surface area contributed by atoms with Gasteiger partial charge in [0, 0.05) is 17.5 Å². The number of ether oxygens (including phenoxy) is 1. The van der Waals surface area contributed by atoms with Crippen LogP contribution < -0.4 is 10.1 Å². The van der Waals surface area contributed by atoms with Gasteiger partial charge in [0.1, 0.15) is 6.61 Å². The highest BCUT2D eigenvalue weighted by atomic mass is 35.5. The molecule has 1 heterocycles. The van der Waals surface area contributed by atoms with Crippen molar-refractivity contribution >= 4 is 28.6 Å². The maximum atomic E-state index is 11.0. The van der Waals surface area contributed by atoms with Crippen LogP contribution in [0.5, 0.6) is 5.75 Å². The molecule has 0 spiro atoms. The zero-order valence-corrected chi connectivity index (χ0v) is 12.3. The van der Waals surface area contributed by atoms with Crippen LogP contribution in [0.25, 0.3) is 0 Å². The number of rotatable bonds is 6. The van der Waals surface area contributed by atoms with Gasteiger partial charge in [-0.2, -0.15) is 0 Å². The largest absolute Gasteiger partial charge is 0.481 e. The first kappa shape index (κ1) is 14.8. The van der Waals surface area contributed by atoms with Crippen LogP contribution in [0.2, 0.25) is 4.34 Å². The topological polar surface area (TPSA) is 64.4 Å². The van der Waals surface area contributed by atoms with Crippen LogP contribution in [-0.4, -0.2) is 12.0 Å². The Morgan fingerprint density at radius 2 is 2.20 bits per heavy atom. The summed E-state index contributed by atoms with van der Waals surface area (Å²) >= 11 is 7.23. The van der Waals surface area contributed by atoms with E-state index in [4.69, 9.17) is 16.3 Å². The highest BCUT2D eigenvalue weighted by Crippen LogP contribution is 2.30. The van der Waals surface area contributed by atoms with Gasteiger partial charge < -0.3 is 10.1 Å². The number of benzene rings is 1. The molecule has 0 amide bonds. The molecule has 7 heteroatoms. The quantitative estimate of drug-likeness (QED) is 0.653. The summed E-state index contributed by atoms with van der Waals surface area (Å²) in [5, 5.41) is 14.0. The summed E-state index contributed by atoms with van der Waals surface area (Å²) in [6, 6.07) is 8.48. The van der Waals surface area contributed by atoms with Crippen molar-refractivity contribution in [2.75, 3.05) is 7.05 Å². The van der Waals surface area contributed by atoms with E-state index in [1.807, 2.05) is 13.1 Å². The second-order valence-corrected chi connectivity index (χ2v) is 5.88. The van der Waals surface area contributed by atoms with Crippen LogP contribution in [0.4, 0.5) is 5.69 Å². The lowest BCUT2D eigenvalue weighted by atomic mass is 10.2. The number of nitro benzene ring substituents is 1. The number of nitro groups is 1. The first-order valence-corrected chi connectivity index (χ1v) is 7.08. The van der Waals surface area contributed by atoms with Gasteiger partial charge in [0.25, 0.3) is 0 Å². The monoisotopic (exact) mass is 312 g/mol. The summed E-state index contributed by atoms with van der Waals surface area (Å²) in [5.74, 6) is 0.271. The average Bonchev–Trinajstić information content (AvgIpc) is 2.82. The van der Waals surface area contributed by atoms with Crippen LogP contribution in [0.3, 0.4) is 0 Å². The first-order valence-electron chi connectivity index (χ1n) is 5.89. The van der Waals surface area contributed by atoms with Crippen molar-refractivity contribution in [1.29, 1.82) is 0 Å². The van der Waals surface area contributed by atoms with E-state index in [2.05, 4.69) is 5.32 Å². The molecule has 1 aromatic heterocycles. The molecule has 0 saturated heterocycles. The molecule has 0 unspecified atom stereocenters. The van der Waals surface area contributed by atoms with Gasteiger partial charge in [-0.15, -0.1) is 11.3 Å². The van der Waals surface area contributed by atoms with Crippen LogP contribution >= 0.6 is 22.9 Å². The molecule has 0 bridgehead atoms. The van der Waals surface area contributed by atoms with E-state index in [1.54, 1.807) is 18.2 Å². The molecule has 20 heavy (non-hydrogen) atoms. The molecule has 0 radical (unpaired) electrons. The molecule has 106 valence electrons. The Hall–Kier alpha value is -1.63. The zero-order valence-electron chi connectivity index (χ0n) is 10.8. The lowest BCUT2D eigenvalue weighted by Gasteiger charge is -2.08. The fraction of sp³-hybridized carbons (Fsp3) is 0.231. The second kappa shape index (κ2) is 6.69. The number of hydrogen-bond acceptors (Lipinski definition) is 5. The van der Waals surface area contributed by atoms with Crippen molar-refractivity contribution in [1.82, 2.24) is 5.32 Å². The van der Waals surface area contributed by atoms with Crippen molar-refractivity contribution < 1.29 is 9.66 Å². The van der Waals surface area contributed by atoms with E-state index in [1.165, 1.54) is 17.4 Å². The molecule has 1 N–H and O–H groups in total. The minimum atomic E-state index is -0.445. The third-order valence-corrected chi connectivity index (χ3v) is 3.81. The predicted octanol–water partition coefficient (Wildman–Crippen LogP) is 3.61. The number of thiophene rings is 1. The first-order chi connectivity index (χ1) is 9.60. The third-order valence-electron chi connectivity index (χ3n) is 2.60. The highest BCUT2D eigenvalue weighted by Gasteiger charge is 2.16. The van der Waals surface area contributed by atoms with E-state index < -0.39 is 4.92 Å². The van der Waals surface area contributed by atoms with Crippen molar-refractivity contribution in [3.63, 3.8) is 0 Å². The SMILES string of the molecule is CNCc1ccc([N+](=O)[O-])c(OCc2ccc(Cl)s2)c1. The van der Waals surface area contributed by atoms with Crippen molar-refractivity contribution in [3.8, 4) is 5.75 Å². The number of hydrogen-bond donors (Lipinski definition) is 1. The summed E-state index contributed by atoms with van der Waals surface area (Å²) in [7, 11) is 1.82. The summed E-state index contributed by atoms with van der Waals surface area (Å²) in [4.78, 5) is 11.5. The van der Waals surface area contributed by atoms with E-state index >= 15 is 0 Å². The second-order valence-electron chi connectivity index (χ2n) is 4.08. The molecule has 0 atom stereocenters. The molecule has 1 aromatic carbocycles. The molecule has 0 aliphatic heterocycles. The standard InChI is InChI=1S/C13H13ClN2O3S/c1-15-7-9-2-4-11(16(17)18)12(6-9)19-8-10-3-5-13(14)20-10/h2-6,15H,7-8H2,1H3. The Morgan fingerprint density at radius 1 is 1.40 bits per heavy atom. The molecular formula is C13H13ClN2O3S.